The van der Waals surface area contributed by atoms with Gasteiger partial charge >= 0.3 is 17.1 Å². The Balaban J connectivity index is 1.91. The highest BCUT2D eigenvalue weighted by molar-refractivity contribution is 7.11. The fourth-order valence-electron chi connectivity index (χ4n) is 3.48. The van der Waals surface area contributed by atoms with Crippen molar-refractivity contribution < 1.29 is 27.8 Å². The number of nitrogens with zero attached hydrogens (tertiary/aromatic N) is 2. The molecular weight excluding hydrogens is 533 g/mol. The van der Waals surface area contributed by atoms with Crippen molar-refractivity contribution in [3.05, 3.63) is 78.9 Å². The lowest BCUT2D eigenvalue weighted by Gasteiger charge is -2.19. The van der Waals surface area contributed by atoms with Crippen molar-refractivity contribution in [1.82, 2.24) is 14.9 Å². The van der Waals surface area contributed by atoms with Gasteiger partial charge in [-0.3, -0.25) is 9.89 Å². The van der Waals surface area contributed by atoms with Crippen LogP contribution in [0, 0.1) is 0 Å². The largest absolute Gasteiger partial charge is 0.492 e. The van der Waals surface area contributed by atoms with Crippen LogP contribution in [0.5, 0.6) is 5.88 Å². The molecule has 0 saturated heterocycles. The van der Waals surface area contributed by atoms with Crippen LogP contribution in [-0.2, 0) is 10.9 Å². The van der Waals surface area contributed by atoms with Crippen LogP contribution in [0.1, 0.15) is 42.3 Å². The third-order valence-corrected chi connectivity index (χ3v) is 6.20. The minimum absolute atomic E-state index is 0.0769. The number of halogens is 4. The van der Waals surface area contributed by atoms with Crippen molar-refractivity contribution in [3.8, 4) is 5.88 Å². The molecule has 0 radical (unpaired) electrons. The van der Waals surface area contributed by atoms with Crippen LogP contribution in [0.15, 0.2) is 47.4 Å². The Bertz CT molecular complexity index is 1580. The lowest BCUT2D eigenvalue weighted by atomic mass is 9.97. The second-order valence-corrected chi connectivity index (χ2v) is 10.3. The quantitative estimate of drug-likeness (QED) is 0.260. The monoisotopic (exact) mass is 552 g/mol. The molecule has 0 unspecified atom stereocenters. The first kappa shape index (κ1) is 26.3. The number of ether oxygens (including phenoxy) is 1. The van der Waals surface area contributed by atoms with E-state index in [-0.39, 0.29) is 21.0 Å². The van der Waals surface area contributed by atoms with Crippen molar-refractivity contribution in [2.45, 2.75) is 32.5 Å². The zero-order chi connectivity index (χ0) is 27.1. The molecule has 2 heterocycles. The summed E-state index contributed by atoms with van der Waals surface area (Å²) in [5, 5.41) is 18.2. The molecule has 0 atom stereocenters. The number of hydrogen-bond acceptors (Lipinski definition) is 6. The fourth-order valence-corrected chi connectivity index (χ4v) is 4.52. The number of aromatic nitrogens is 3. The number of amides is 1. The Hall–Kier alpha value is -3.77. The predicted octanol–water partition coefficient (Wildman–Crippen LogP) is 6.23. The van der Waals surface area contributed by atoms with Crippen LogP contribution >= 0.6 is 22.9 Å². The minimum Gasteiger partial charge on any atom is -0.492 e. The number of H-pyrrole nitrogens is 1. The first-order chi connectivity index (χ1) is 17.2. The average Bonchev–Trinajstić information content (AvgIpc) is 3.36. The SMILES string of the molecule is CC(C)(C)OC(=O)Nn1c(O)c(C(=Cc2ccc(Cl)cc2C(F)(F)F)c2ccc3[nH]ncc3c2)sc1=O. The van der Waals surface area contributed by atoms with Gasteiger partial charge in [0.25, 0.3) is 0 Å². The third kappa shape index (κ3) is 5.81. The van der Waals surface area contributed by atoms with E-state index in [2.05, 4.69) is 15.6 Å². The van der Waals surface area contributed by atoms with Crippen LogP contribution in [0.3, 0.4) is 0 Å². The number of carbonyl (C=O) groups excluding carboxylic acids is 1. The Labute approximate surface area is 216 Å². The van der Waals surface area contributed by atoms with Crippen molar-refractivity contribution in [1.29, 1.82) is 0 Å². The van der Waals surface area contributed by atoms with Gasteiger partial charge in [-0.05, 0) is 62.2 Å². The van der Waals surface area contributed by atoms with E-state index in [1.54, 1.807) is 39.0 Å². The number of hydrogen-bond donors (Lipinski definition) is 3. The molecule has 0 bridgehead atoms. The van der Waals surface area contributed by atoms with Gasteiger partial charge in [0.2, 0.25) is 5.88 Å². The summed E-state index contributed by atoms with van der Waals surface area (Å²) >= 11 is 6.36. The number of carbonyl (C=O) groups is 1. The average molecular weight is 553 g/mol. The van der Waals surface area contributed by atoms with Gasteiger partial charge < -0.3 is 9.84 Å². The molecule has 3 N–H and O–H groups in total. The molecule has 0 aliphatic heterocycles. The van der Waals surface area contributed by atoms with E-state index in [0.717, 1.165) is 6.07 Å². The van der Waals surface area contributed by atoms with Gasteiger partial charge in [0.1, 0.15) is 10.5 Å². The molecule has 0 fully saturated rings. The van der Waals surface area contributed by atoms with Crippen LogP contribution in [0.25, 0.3) is 22.6 Å². The van der Waals surface area contributed by atoms with Crippen LogP contribution in [-0.4, -0.2) is 31.7 Å². The number of fused-ring (bicyclic) bond motifs is 1. The number of thiazole rings is 1. The van der Waals surface area contributed by atoms with E-state index in [9.17, 15) is 27.9 Å². The van der Waals surface area contributed by atoms with E-state index >= 15 is 0 Å². The highest BCUT2D eigenvalue weighted by Crippen LogP contribution is 2.39. The molecule has 1 amide bonds. The van der Waals surface area contributed by atoms with Gasteiger partial charge in [-0.2, -0.15) is 22.9 Å². The third-order valence-electron chi connectivity index (χ3n) is 5.01. The number of benzene rings is 2. The summed E-state index contributed by atoms with van der Waals surface area (Å²) in [4.78, 5) is 24.1. The summed E-state index contributed by atoms with van der Waals surface area (Å²) in [6.45, 7) is 4.85. The molecule has 4 rings (SSSR count). The topological polar surface area (TPSA) is 109 Å². The van der Waals surface area contributed by atoms with Crippen molar-refractivity contribution in [2.24, 2.45) is 0 Å². The smallest absolute Gasteiger partial charge is 0.427 e. The number of alkyl halides is 3. The standard InChI is InChI=1S/C24H20ClF3N4O4S/c1-23(2,3)36-21(34)31-32-20(33)19(37-22(32)35)16(12-5-7-18-14(8-12)11-29-30-18)9-13-4-6-15(25)10-17(13)24(26,27)28/h4-11,33H,1-3H3,(H,29,30)(H,31,34). The van der Waals surface area contributed by atoms with E-state index in [0.29, 0.717) is 32.5 Å². The van der Waals surface area contributed by atoms with E-state index in [1.165, 1.54) is 24.4 Å². The predicted molar refractivity (Wildman–Crippen MR) is 135 cm³/mol. The first-order valence-electron chi connectivity index (χ1n) is 10.7. The molecule has 8 nitrogen and oxygen atoms in total. The zero-order valence-electron chi connectivity index (χ0n) is 19.6. The van der Waals surface area contributed by atoms with Crippen LogP contribution < -0.4 is 10.3 Å². The molecule has 0 aliphatic rings. The number of aromatic amines is 1. The van der Waals surface area contributed by atoms with Crippen LogP contribution in [0.2, 0.25) is 5.02 Å². The summed E-state index contributed by atoms with van der Waals surface area (Å²) in [6.07, 6.45) is -3.01. The highest BCUT2D eigenvalue weighted by Gasteiger charge is 2.33. The summed E-state index contributed by atoms with van der Waals surface area (Å²) in [5.41, 5.74) is 1.19. The van der Waals surface area contributed by atoms with E-state index < -0.39 is 34.2 Å². The second kappa shape index (κ2) is 9.60. The van der Waals surface area contributed by atoms with Crippen molar-refractivity contribution >= 4 is 51.6 Å². The van der Waals surface area contributed by atoms with Gasteiger partial charge in [-0.25, -0.2) is 10.2 Å². The Morgan fingerprint density at radius 3 is 2.62 bits per heavy atom. The first-order valence-corrected chi connectivity index (χ1v) is 11.9. The summed E-state index contributed by atoms with van der Waals surface area (Å²) in [6, 6.07) is 8.19. The molecule has 0 saturated carbocycles. The number of rotatable bonds is 4. The van der Waals surface area contributed by atoms with Crippen molar-refractivity contribution in [2.75, 3.05) is 5.43 Å². The summed E-state index contributed by atoms with van der Waals surface area (Å²) < 4.78 is 47.1. The van der Waals surface area contributed by atoms with Gasteiger partial charge in [-0.1, -0.05) is 35.1 Å². The van der Waals surface area contributed by atoms with Crippen molar-refractivity contribution in [3.63, 3.8) is 0 Å². The molecule has 0 aliphatic carbocycles. The molecular formula is C24H20ClF3N4O4S. The summed E-state index contributed by atoms with van der Waals surface area (Å²) in [5.74, 6) is -0.679. The van der Waals surface area contributed by atoms with Gasteiger partial charge in [0.05, 0.1) is 17.3 Å². The number of aromatic hydroxyl groups is 1. The zero-order valence-corrected chi connectivity index (χ0v) is 21.2. The van der Waals surface area contributed by atoms with E-state index in [1.807, 2.05) is 0 Å². The lowest BCUT2D eigenvalue weighted by molar-refractivity contribution is -0.137. The molecule has 0 spiro atoms. The van der Waals surface area contributed by atoms with Gasteiger partial charge in [0, 0.05) is 16.0 Å². The molecule has 13 heteroatoms. The van der Waals surface area contributed by atoms with Gasteiger partial charge in [-0.15, -0.1) is 0 Å². The normalized spacial score (nSPS) is 12.7. The maximum Gasteiger partial charge on any atom is 0.427 e. The second-order valence-electron chi connectivity index (χ2n) is 8.93. The fraction of sp³-hybridized carbons (Fsp3) is 0.208. The number of nitrogens with one attached hydrogen (secondary N) is 2. The Kier molecular flexibility index (Phi) is 6.82. The van der Waals surface area contributed by atoms with Gasteiger partial charge in [0.15, 0.2) is 0 Å². The van der Waals surface area contributed by atoms with Crippen LogP contribution in [0.4, 0.5) is 18.0 Å². The summed E-state index contributed by atoms with van der Waals surface area (Å²) in [7, 11) is 0. The Morgan fingerprint density at radius 2 is 1.95 bits per heavy atom. The maximum atomic E-state index is 13.8. The molecule has 4 aromatic rings. The highest BCUT2D eigenvalue weighted by atomic mass is 35.5. The minimum atomic E-state index is -4.73. The molecule has 194 valence electrons. The lowest BCUT2D eigenvalue weighted by Crippen LogP contribution is -2.34. The molecule has 2 aromatic heterocycles. The van der Waals surface area contributed by atoms with E-state index in [4.69, 9.17) is 16.3 Å². The Morgan fingerprint density at radius 1 is 1.22 bits per heavy atom. The maximum absolute atomic E-state index is 13.8. The molecule has 2 aromatic carbocycles. The molecule has 37 heavy (non-hydrogen) atoms.